The van der Waals surface area contributed by atoms with Crippen LogP contribution >= 0.6 is 0 Å². The highest BCUT2D eigenvalue weighted by Gasteiger charge is 2.24. The first kappa shape index (κ1) is 17.2. The number of rotatable bonds is 0. The molecule has 0 radical (unpaired) electrons. The molecule has 5 heteroatoms. The van der Waals surface area contributed by atoms with Gasteiger partial charge in [0, 0.05) is 63.4 Å². The van der Waals surface area contributed by atoms with E-state index in [4.69, 9.17) is 0 Å². The fraction of sp³-hybridized carbons (Fsp3) is 1.00. The van der Waals surface area contributed by atoms with E-state index in [-0.39, 0.29) is 0 Å². The molecular formula is C16H35N5. The van der Waals surface area contributed by atoms with Gasteiger partial charge < -0.3 is 26.6 Å². The van der Waals surface area contributed by atoms with Crippen molar-refractivity contribution in [3.8, 4) is 0 Å². The minimum atomic E-state index is 0.538. The highest BCUT2D eigenvalue weighted by atomic mass is 15.1. The van der Waals surface area contributed by atoms with Crippen LogP contribution in [0.2, 0.25) is 0 Å². The molecule has 21 heavy (non-hydrogen) atoms. The lowest BCUT2D eigenvalue weighted by atomic mass is 9.90. The van der Waals surface area contributed by atoms with Gasteiger partial charge >= 0.3 is 0 Å². The molecule has 2 fully saturated rings. The van der Waals surface area contributed by atoms with Crippen molar-refractivity contribution in [3.63, 3.8) is 0 Å². The summed E-state index contributed by atoms with van der Waals surface area (Å²) in [6.07, 6.45) is 5.37. The predicted molar refractivity (Wildman–Crippen MR) is 89.8 cm³/mol. The van der Waals surface area contributed by atoms with Crippen LogP contribution in [0.25, 0.3) is 0 Å². The Kier molecular flexibility index (Phi) is 7.96. The van der Waals surface area contributed by atoms with Gasteiger partial charge in [-0.15, -0.1) is 0 Å². The normalized spacial score (nSPS) is 38.0. The monoisotopic (exact) mass is 297 g/mol. The Bertz CT molecular complexity index is 247. The lowest BCUT2D eigenvalue weighted by Gasteiger charge is -2.34. The van der Waals surface area contributed by atoms with Gasteiger partial charge in [0.1, 0.15) is 0 Å². The van der Waals surface area contributed by atoms with Gasteiger partial charge in [-0.25, -0.2) is 0 Å². The number of fused-ring (bicyclic) bond motifs is 1. The Balaban J connectivity index is 1.85. The molecule has 0 spiro atoms. The predicted octanol–water partition coefficient (Wildman–Crippen LogP) is 0.0362. The molecule has 0 amide bonds. The van der Waals surface area contributed by atoms with Crippen LogP contribution in [0.4, 0.5) is 0 Å². The Morgan fingerprint density at radius 1 is 0.619 bits per heavy atom. The Morgan fingerprint density at radius 3 is 1.57 bits per heavy atom. The van der Waals surface area contributed by atoms with Crippen LogP contribution in [0.15, 0.2) is 0 Å². The van der Waals surface area contributed by atoms with Gasteiger partial charge in [0.2, 0.25) is 0 Å². The van der Waals surface area contributed by atoms with Gasteiger partial charge in [0.25, 0.3) is 0 Å². The van der Waals surface area contributed by atoms with Gasteiger partial charge in [0.15, 0.2) is 0 Å². The third-order valence-electron chi connectivity index (χ3n) is 4.73. The summed E-state index contributed by atoms with van der Waals surface area (Å²) >= 11 is 0. The maximum absolute atomic E-state index is 3.79. The summed E-state index contributed by atoms with van der Waals surface area (Å²) in [6, 6.07) is 2.35. The summed E-state index contributed by atoms with van der Waals surface area (Å²) in [5.74, 6) is 0. The average molecular weight is 297 g/mol. The van der Waals surface area contributed by atoms with Crippen molar-refractivity contribution in [1.82, 2.24) is 26.6 Å². The van der Waals surface area contributed by atoms with E-state index in [0.29, 0.717) is 24.2 Å². The van der Waals surface area contributed by atoms with Crippen molar-refractivity contribution in [1.29, 1.82) is 0 Å². The van der Waals surface area contributed by atoms with Crippen molar-refractivity contribution in [2.75, 3.05) is 39.3 Å². The zero-order valence-electron chi connectivity index (χ0n) is 13.9. The summed E-state index contributed by atoms with van der Waals surface area (Å²) in [7, 11) is 0. The topological polar surface area (TPSA) is 60.1 Å². The quantitative estimate of drug-likeness (QED) is 0.437. The Hall–Kier alpha value is -0.200. The summed E-state index contributed by atoms with van der Waals surface area (Å²) in [5.41, 5.74) is 0. The summed E-state index contributed by atoms with van der Waals surface area (Å²) in [6.45, 7) is 10.9. The maximum Gasteiger partial charge on any atom is 0.0221 e. The first-order valence-electron chi connectivity index (χ1n) is 8.90. The van der Waals surface area contributed by atoms with Crippen molar-refractivity contribution >= 4 is 0 Å². The molecule has 1 aliphatic carbocycles. The third kappa shape index (κ3) is 6.61. The molecule has 0 unspecified atom stereocenters. The Morgan fingerprint density at radius 2 is 1.10 bits per heavy atom. The molecule has 1 saturated carbocycles. The van der Waals surface area contributed by atoms with Crippen LogP contribution in [0.1, 0.15) is 39.5 Å². The van der Waals surface area contributed by atoms with Gasteiger partial charge in [0.05, 0.1) is 0 Å². The number of hydrogen-bond donors (Lipinski definition) is 5. The van der Waals surface area contributed by atoms with Crippen LogP contribution in [-0.4, -0.2) is 63.4 Å². The molecule has 2 rings (SSSR count). The molecule has 5 nitrogen and oxygen atoms in total. The second-order valence-corrected chi connectivity index (χ2v) is 6.77. The van der Waals surface area contributed by atoms with Crippen molar-refractivity contribution in [2.24, 2.45) is 0 Å². The zero-order valence-corrected chi connectivity index (χ0v) is 13.9. The SMILES string of the molecule is C[C@H]1CN[C@@H]2CCCC[C@H]2NC[C@H](C)NCCNCCN1. The highest BCUT2D eigenvalue weighted by Crippen LogP contribution is 2.18. The zero-order chi connectivity index (χ0) is 14.9. The van der Waals surface area contributed by atoms with E-state index < -0.39 is 0 Å². The van der Waals surface area contributed by atoms with Crippen molar-refractivity contribution in [3.05, 3.63) is 0 Å². The first-order valence-corrected chi connectivity index (χ1v) is 8.90. The van der Waals surface area contributed by atoms with Gasteiger partial charge in [-0.1, -0.05) is 12.8 Å². The summed E-state index contributed by atoms with van der Waals surface area (Å²) in [5, 5.41) is 18.2. The first-order chi connectivity index (χ1) is 10.3. The van der Waals surface area contributed by atoms with E-state index in [1.165, 1.54) is 25.7 Å². The minimum Gasteiger partial charge on any atom is -0.314 e. The summed E-state index contributed by atoms with van der Waals surface area (Å²) in [4.78, 5) is 0. The van der Waals surface area contributed by atoms with Crippen LogP contribution in [-0.2, 0) is 0 Å². The van der Waals surface area contributed by atoms with Gasteiger partial charge in [-0.05, 0) is 26.7 Å². The number of hydrogen-bond acceptors (Lipinski definition) is 5. The molecular weight excluding hydrogens is 262 g/mol. The molecule has 0 aromatic carbocycles. The van der Waals surface area contributed by atoms with E-state index in [1.54, 1.807) is 0 Å². The van der Waals surface area contributed by atoms with Crippen LogP contribution < -0.4 is 26.6 Å². The molecule has 1 heterocycles. The fourth-order valence-electron chi connectivity index (χ4n) is 3.36. The Labute approximate surface area is 130 Å². The molecule has 5 N–H and O–H groups in total. The molecule has 2 aliphatic rings. The molecule has 4 atom stereocenters. The average Bonchev–Trinajstić information content (AvgIpc) is 2.50. The minimum absolute atomic E-state index is 0.538. The molecule has 124 valence electrons. The van der Waals surface area contributed by atoms with Crippen LogP contribution in [0.5, 0.6) is 0 Å². The van der Waals surface area contributed by atoms with E-state index in [0.717, 1.165) is 39.3 Å². The lowest BCUT2D eigenvalue weighted by molar-refractivity contribution is 0.272. The molecule has 0 aromatic heterocycles. The van der Waals surface area contributed by atoms with Crippen molar-refractivity contribution in [2.45, 2.75) is 63.7 Å². The second-order valence-electron chi connectivity index (χ2n) is 6.77. The van der Waals surface area contributed by atoms with Gasteiger partial charge in [-0.2, -0.15) is 0 Å². The van der Waals surface area contributed by atoms with E-state index in [9.17, 15) is 0 Å². The number of nitrogens with one attached hydrogen (secondary N) is 5. The maximum atomic E-state index is 3.79. The van der Waals surface area contributed by atoms with E-state index in [1.807, 2.05) is 0 Å². The van der Waals surface area contributed by atoms with E-state index in [2.05, 4.69) is 40.4 Å². The van der Waals surface area contributed by atoms with E-state index >= 15 is 0 Å². The third-order valence-corrected chi connectivity index (χ3v) is 4.73. The fourth-order valence-corrected chi connectivity index (χ4v) is 3.36. The molecule has 0 bridgehead atoms. The molecule has 1 aliphatic heterocycles. The molecule has 0 aromatic rings. The molecule has 1 saturated heterocycles. The largest absolute Gasteiger partial charge is 0.314 e. The lowest BCUT2D eigenvalue weighted by Crippen LogP contribution is -2.54. The highest BCUT2D eigenvalue weighted by molar-refractivity contribution is 4.88. The smallest absolute Gasteiger partial charge is 0.0221 e. The second kappa shape index (κ2) is 9.74. The van der Waals surface area contributed by atoms with Crippen molar-refractivity contribution < 1.29 is 0 Å². The standard InChI is InChI=1S/C16H35N5/c1-13-11-20-15-5-3-4-6-16(15)21-12-14(2)19-10-8-17-7-9-18-13/h13-21H,3-12H2,1-2H3/t13-,14-,15+,16+/m0/s1. The van der Waals surface area contributed by atoms with Crippen LogP contribution in [0, 0.1) is 0 Å². The van der Waals surface area contributed by atoms with Gasteiger partial charge in [-0.3, -0.25) is 0 Å². The van der Waals surface area contributed by atoms with Crippen LogP contribution in [0.3, 0.4) is 0 Å². The summed E-state index contributed by atoms with van der Waals surface area (Å²) < 4.78 is 0.